The van der Waals surface area contributed by atoms with Crippen LogP contribution >= 0.6 is 0 Å². The molecule has 0 aromatic rings. The first-order valence-electron chi connectivity index (χ1n) is 8.64. The zero-order chi connectivity index (χ0) is 14.4. The van der Waals surface area contributed by atoms with Crippen LogP contribution in [-0.2, 0) is 4.74 Å². The molecule has 0 bridgehead atoms. The van der Waals surface area contributed by atoms with Crippen molar-refractivity contribution in [3.8, 4) is 0 Å². The quantitative estimate of drug-likeness (QED) is 0.726. The van der Waals surface area contributed by atoms with Crippen LogP contribution in [0.3, 0.4) is 0 Å². The van der Waals surface area contributed by atoms with E-state index in [1.54, 1.807) is 0 Å². The minimum atomic E-state index is 0.487. The van der Waals surface area contributed by atoms with Crippen molar-refractivity contribution in [2.24, 2.45) is 5.92 Å². The highest BCUT2D eigenvalue weighted by Crippen LogP contribution is 2.37. The van der Waals surface area contributed by atoms with Crippen molar-refractivity contribution in [1.29, 1.82) is 0 Å². The Balaban J connectivity index is 1.89. The Hall–Kier alpha value is -0.120. The third-order valence-corrected chi connectivity index (χ3v) is 5.15. The molecular formula is C17H34N2O. The van der Waals surface area contributed by atoms with Gasteiger partial charge in [-0.05, 0) is 44.6 Å². The molecule has 2 aliphatic rings. The van der Waals surface area contributed by atoms with Crippen LogP contribution < -0.4 is 5.32 Å². The molecule has 1 aliphatic carbocycles. The number of rotatable bonds is 7. The van der Waals surface area contributed by atoms with Gasteiger partial charge >= 0.3 is 0 Å². The Labute approximate surface area is 125 Å². The van der Waals surface area contributed by atoms with Gasteiger partial charge in [0.1, 0.15) is 0 Å². The first-order chi connectivity index (χ1) is 9.66. The molecule has 0 radical (unpaired) electrons. The highest BCUT2D eigenvalue weighted by molar-refractivity contribution is 5.01. The first-order valence-corrected chi connectivity index (χ1v) is 8.64. The van der Waals surface area contributed by atoms with Gasteiger partial charge in [-0.1, -0.05) is 26.7 Å². The van der Waals surface area contributed by atoms with E-state index in [-0.39, 0.29) is 0 Å². The number of unbranched alkanes of at least 4 members (excludes halogenated alkanes) is 1. The summed E-state index contributed by atoms with van der Waals surface area (Å²) in [6, 6.07) is 0.698. The number of methoxy groups -OCH3 is 1. The van der Waals surface area contributed by atoms with Gasteiger partial charge in [0.2, 0.25) is 0 Å². The topological polar surface area (TPSA) is 24.5 Å². The third kappa shape index (κ3) is 4.19. The van der Waals surface area contributed by atoms with Gasteiger partial charge in [-0.25, -0.2) is 0 Å². The highest BCUT2D eigenvalue weighted by Gasteiger charge is 2.42. The van der Waals surface area contributed by atoms with Crippen LogP contribution in [0, 0.1) is 5.92 Å². The normalized spacial score (nSPS) is 26.7. The van der Waals surface area contributed by atoms with Gasteiger partial charge in [0, 0.05) is 38.4 Å². The molecule has 118 valence electrons. The van der Waals surface area contributed by atoms with E-state index in [9.17, 15) is 0 Å². The van der Waals surface area contributed by atoms with E-state index in [0.717, 1.165) is 12.5 Å². The summed E-state index contributed by atoms with van der Waals surface area (Å²) in [7, 11) is 1.81. The fraction of sp³-hybridized carbons (Fsp3) is 1.00. The van der Waals surface area contributed by atoms with Gasteiger partial charge in [0.25, 0.3) is 0 Å². The van der Waals surface area contributed by atoms with E-state index in [0.29, 0.717) is 11.6 Å². The van der Waals surface area contributed by atoms with E-state index in [2.05, 4.69) is 24.1 Å². The molecule has 0 aromatic heterocycles. The predicted molar refractivity (Wildman–Crippen MR) is 85.1 cm³/mol. The summed E-state index contributed by atoms with van der Waals surface area (Å²) >= 11 is 0. The monoisotopic (exact) mass is 282 g/mol. The molecule has 20 heavy (non-hydrogen) atoms. The summed E-state index contributed by atoms with van der Waals surface area (Å²) in [5, 5.41) is 3.85. The number of hydrogen-bond donors (Lipinski definition) is 1. The van der Waals surface area contributed by atoms with Crippen LogP contribution in [0.25, 0.3) is 0 Å². The molecule has 2 rings (SSSR count). The lowest BCUT2D eigenvalue weighted by atomic mass is 9.88. The number of nitrogens with zero attached hydrogens (tertiary/aromatic N) is 1. The second-order valence-corrected chi connectivity index (χ2v) is 7.28. The molecule has 1 saturated heterocycles. The SMILES string of the molecule is COCCCCN1CC(CC(C)C)NCC12CCCC2. The minimum absolute atomic E-state index is 0.487. The van der Waals surface area contributed by atoms with Crippen LogP contribution in [0.5, 0.6) is 0 Å². The van der Waals surface area contributed by atoms with E-state index in [1.807, 2.05) is 7.11 Å². The summed E-state index contributed by atoms with van der Waals surface area (Å²) < 4.78 is 5.19. The molecule has 1 saturated carbocycles. The van der Waals surface area contributed by atoms with Crippen molar-refractivity contribution in [3.05, 3.63) is 0 Å². The zero-order valence-electron chi connectivity index (χ0n) is 13.8. The van der Waals surface area contributed by atoms with Crippen LogP contribution in [0.1, 0.15) is 58.8 Å². The van der Waals surface area contributed by atoms with Crippen LogP contribution in [-0.4, -0.2) is 49.8 Å². The fourth-order valence-corrected chi connectivity index (χ4v) is 4.10. The van der Waals surface area contributed by atoms with Gasteiger partial charge in [0.15, 0.2) is 0 Å². The summed E-state index contributed by atoms with van der Waals surface area (Å²) in [6.45, 7) is 9.32. The molecule has 1 N–H and O–H groups in total. The maximum atomic E-state index is 5.19. The van der Waals surface area contributed by atoms with Crippen LogP contribution in [0.15, 0.2) is 0 Å². The molecule has 0 amide bonds. The Morgan fingerprint density at radius 1 is 1.25 bits per heavy atom. The number of nitrogens with one attached hydrogen (secondary N) is 1. The van der Waals surface area contributed by atoms with Crippen molar-refractivity contribution in [1.82, 2.24) is 10.2 Å². The fourth-order valence-electron chi connectivity index (χ4n) is 4.10. The van der Waals surface area contributed by atoms with Gasteiger partial charge in [0.05, 0.1) is 0 Å². The molecule has 1 spiro atoms. The maximum Gasteiger partial charge on any atom is 0.0462 e. The predicted octanol–water partition coefficient (Wildman–Crippen LogP) is 3.05. The summed E-state index contributed by atoms with van der Waals surface area (Å²) in [4.78, 5) is 2.83. The van der Waals surface area contributed by atoms with Gasteiger partial charge in [-0.3, -0.25) is 4.90 Å². The molecule has 3 nitrogen and oxygen atoms in total. The Kier molecular flexibility index (Phi) is 6.31. The maximum absolute atomic E-state index is 5.19. The molecular weight excluding hydrogens is 248 g/mol. The van der Waals surface area contributed by atoms with Crippen molar-refractivity contribution >= 4 is 0 Å². The first kappa shape index (κ1) is 16.3. The van der Waals surface area contributed by atoms with Gasteiger partial charge < -0.3 is 10.1 Å². The highest BCUT2D eigenvalue weighted by atomic mass is 16.5. The third-order valence-electron chi connectivity index (χ3n) is 5.15. The minimum Gasteiger partial charge on any atom is -0.385 e. The van der Waals surface area contributed by atoms with Crippen molar-refractivity contribution in [2.75, 3.05) is 33.4 Å². The van der Waals surface area contributed by atoms with Crippen LogP contribution in [0.4, 0.5) is 0 Å². The molecule has 1 aliphatic heterocycles. The molecule has 1 atom stereocenters. The van der Waals surface area contributed by atoms with Crippen LogP contribution in [0.2, 0.25) is 0 Å². The number of hydrogen-bond acceptors (Lipinski definition) is 3. The lowest BCUT2D eigenvalue weighted by molar-refractivity contribution is 0.0355. The Morgan fingerprint density at radius 2 is 2.00 bits per heavy atom. The smallest absolute Gasteiger partial charge is 0.0462 e. The Bertz CT molecular complexity index is 274. The lowest BCUT2D eigenvalue weighted by Crippen LogP contribution is -2.63. The second kappa shape index (κ2) is 7.77. The summed E-state index contributed by atoms with van der Waals surface area (Å²) in [6.07, 6.45) is 9.44. The largest absolute Gasteiger partial charge is 0.385 e. The average Bonchev–Trinajstić information content (AvgIpc) is 2.87. The molecule has 1 heterocycles. The zero-order valence-corrected chi connectivity index (χ0v) is 13.8. The van der Waals surface area contributed by atoms with Gasteiger partial charge in [-0.2, -0.15) is 0 Å². The standard InChI is InChI=1S/C17H34N2O/c1-15(2)12-16-13-19(10-6-7-11-20-3)17(14-18-16)8-4-5-9-17/h15-16,18H,4-14H2,1-3H3. The van der Waals surface area contributed by atoms with Gasteiger partial charge in [-0.15, -0.1) is 0 Å². The molecule has 2 fully saturated rings. The van der Waals surface area contributed by atoms with Crippen molar-refractivity contribution in [2.45, 2.75) is 70.4 Å². The van der Waals surface area contributed by atoms with E-state index >= 15 is 0 Å². The second-order valence-electron chi connectivity index (χ2n) is 7.28. The van der Waals surface area contributed by atoms with Crippen molar-refractivity contribution < 1.29 is 4.74 Å². The molecule has 3 heteroatoms. The van der Waals surface area contributed by atoms with E-state index < -0.39 is 0 Å². The molecule has 0 aromatic carbocycles. The molecule has 1 unspecified atom stereocenters. The summed E-state index contributed by atoms with van der Waals surface area (Å²) in [5.41, 5.74) is 0.487. The summed E-state index contributed by atoms with van der Waals surface area (Å²) in [5.74, 6) is 0.792. The average molecular weight is 282 g/mol. The van der Waals surface area contributed by atoms with E-state index in [4.69, 9.17) is 4.74 Å². The Morgan fingerprint density at radius 3 is 2.65 bits per heavy atom. The number of ether oxygens (including phenoxy) is 1. The lowest BCUT2D eigenvalue weighted by Gasteiger charge is -2.49. The van der Waals surface area contributed by atoms with Crippen molar-refractivity contribution in [3.63, 3.8) is 0 Å². The van der Waals surface area contributed by atoms with E-state index in [1.165, 1.54) is 64.6 Å². The number of piperazine rings is 1.